The second kappa shape index (κ2) is 7.90. The first-order valence-electron chi connectivity index (χ1n) is 8.06. The van der Waals surface area contributed by atoms with E-state index in [-0.39, 0.29) is 18.4 Å². The van der Waals surface area contributed by atoms with Crippen LogP contribution < -0.4 is 20.1 Å². The highest BCUT2D eigenvalue weighted by molar-refractivity contribution is 5.96. The van der Waals surface area contributed by atoms with Crippen LogP contribution in [0.5, 0.6) is 11.5 Å². The van der Waals surface area contributed by atoms with E-state index in [1.165, 1.54) is 0 Å². The molecule has 0 aliphatic carbocycles. The summed E-state index contributed by atoms with van der Waals surface area (Å²) >= 11 is 0. The number of rotatable bonds is 6. The Morgan fingerprint density at radius 2 is 1.83 bits per heavy atom. The average molecular weight is 335 g/mol. The number of carbonyl (C=O) groups excluding carboxylic acids is 2. The lowest BCUT2D eigenvalue weighted by atomic mass is 10.2. The Balaban J connectivity index is 2.03. The second-order valence-corrected chi connectivity index (χ2v) is 6.01. The van der Waals surface area contributed by atoms with Gasteiger partial charge >= 0.3 is 0 Å². The molecule has 1 saturated heterocycles. The van der Waals surface area contributed by atoms with Crippen molar-refractivity contribution in [3.8, 4) is 11.5 Å². The number of carbonyl (C=O) groups is 2. The molecule has 7 heteroatoms. The molecule has 0 unspecified atom stereocenters. The Morgan fingerprint density at radius 3 is 2.38 bits per heavy atom. The van der Waals surface area contributed by atoms with Gasteiger partial charge in [0.2, 0.25) is 11.8 Å². The molecular formula is C17H25N3O4. The normalized spacial score (nSPS) is 14.7. The number of ether oxygens (including phenoxy) is 2. The summed E-state index contributed by atoms with van der Waals surface area (Å²) in [5.74, 6) is 0.605. The van der Waals surface area contributed by atoms with Crippen LogP contribution in [-0.2, 0) is 9.59 Å². The summed E-state index contributed by atoms with van der Waals surface area (Å²) in [5, 5.41) is 0. The van der Waals surface area contributed by atoms with E-state index in [0.717, 1.165) is 5.69 Å². The van der Waals surface area contributed by atoms with Crippen LogP contribution in [0.4, 0.5) is 5.69 Å². The molecule has 0 saturated carbocycles. The number of hydrogen-bond donors (Lipinski definition) is 1. The van der Waals surface area contributed by atoms with Crippen LogP contribution in [0.25, 0.3) is 0 Å². The third-order valence-electron chi connectivity index (χ3n) is 3.83. The van der Waals surface area contributed by atoms with Crippen LogP contribution >= 0.6 is 0 Å². The van der Waals surface area contributed by atoms with E-state index in [1.54, 1.807) is 12.0 Å². The van der Waals surface area contributed by atoms with E-state index in [9.17, 15) is 9.59 Å². The summed E-state index contributed by atoms with van der Waals surface area (Å²) in [6.45, 7) is 6.46. The molecule has 2 N–H and O–H groups in total. The van der Waals surface area contributed by atoms with Crippen LogP contribution in [0.15, 0.2) is 18.2 Å². The van der Waals surface area contributed by atoms with Crippen molar-refractivity contribution in [3.05, 3.63) is 18.2 Å². The zero-order valence-electron chi connectivity index (χ0n) is 14.4. The Labute approximate surface area is 142 Å². The molecule has 1 fully saturated rings. The number of anilines is 1. The molecule has 1 heterocycles. The third kappa shape index (κ3) is 4.53. The molecule has 1 aromatic carbocycles. The zero-order valence-corrected chi connectivity index (χ0v) is 14.4. The lowest BCUT2D eigenvalue weighted by Crippen LogP contribution is -2.49. The minimum atomic E-state index is -0.590. The summed E-state index contributed by atoms with van der Waals surface area (Å²) in [4.78, 5) is 26.6. The van der Waals surface area contributed by atoms with Crippen molar-refractivity contribution in [1.29, 1.82) is 0 Å². The number of piperazine rings is 1. The maximum Gasteiger partial charge on any atom is 0.232 e. The van der Waals surface area contributed by atoms with Gasteiger partial charge in [0.05, 0.1) is 13.2 Å². The maximum absolute atomic E-state index is 11.9. The fourth-order valence-corrected chi connectivity index (χ4v) is 2.68. The number of methoxy groups -OCH3 is 1. The van der Waals surface area contributed by atoms with Gasteiger partial charge in [-0.25, -0.2) is 0 Å². The molecule has 1 aliphatic heterocycles. The predicted octanol–water partition coefficient (Wildman–Crippen LogP) is 1.01. The molecule has 132 valence electrons. The molecule has 0 spiro atoms. The quantitative estimate of drug-likeness (QED) is 0.784. The van der Waals surface area contributed by atoms with Gasteiger partial charge in [-0.3, -0.25) is 9.59 Å². The minimum absolute atomic E-state index is 0.0532. The molecule has 1 aromatic rings. The summed E-state index contributed by atoms with van der Waals surface area (Å²) in [6.07, 6.45) is -0.174. The molecule has 0 bridgehead atoms. The van der Waals surface area contributed by atoms with Crippen molar-refractivity contribution in [2.45, 2.75) is 26.4 Å². The van der Waals surface area contributed by atoms with Gasteiger partial charge in [0.25, 0.3) is 0 Å². The predicted molar refractivity (Wildman–Crippen MR) is 91.4 cm³/mol. The second-order valence-electron chi connectivity index (χ2n) is 6.01. The average Bonchev–Trinajstić information content (AvgIpc) is 2.53. The van der Waals surface area contributed by atoms with Gasteiger partial charge in [-0.15, -0.1) is 0 Å². The highest BCUT2D eigenvalue weighted by Gasteiger charge is 2.23. The van der Waals surface area contributed by atoms with E-state index in [1.807, 2.05) is 32.0 Å². The summed E-state index contributed by atoms with van der Waals surface area (Å²) in [6, 6.07) is 5.82. The number of nitrogens with zero attached hydrogens (tertiary/aromatic N) is 2. The van der Waals surface area contributed by atoms with Gasteiger partial charge < -0.3 is 25.0 Å². The number of benzene rings is 1. The highest BCUT2D eigenvalue weighted by atomic mass is 16.5. The molecule has 2 amide bonds. The molecular weight excluding hydrogens is 310 g/mol. The number of amides is 2. The van der Waals surface area contributed by atoms with Gasteiger partial charge in [-0.05, 0) is 26.0 Å². The number of hydrogen-bond acceptors (Lipinski definition) is 5. The molecule has 24 heavy (non-hydrogen) atoms. The molecule has 2 rings (SSSR count). The van der Waals surface area contributed by atoms with Gasteiger partial charge in [0.15, 0.2) is 11.5 Å². The van der Waals surface area contributed by atoms with Crippen LogP contribution in [0.1, 0.15) is 20.3 Å². The minimum Gasteiger partial charge on any atom is -0.493 e. The van der Waals surface area contributed by atoms with Crippen molar-refractivity contribution < 1.29 is 19.1 Å². The van der Waals surface area contributed by atoms with Crippen molar-refractivity contribution in [2.75, 3.05) is 38.2 Å². The van der Waals surface area contributed by atoms with Crippen molar-refractivity contribution in [1.82, 2.24) is 4.90 Å². The Bertz CT molecular complexity index is 595. The number of primary amides is 1. The Hall–Kier alpha value is -2.44. The first-order valence-corrected chi connectivity index (χ1v) is 8.06. The van der Waals surface area contributed by atoms with Crippen LogP contribution in [0.2, 0.25) is 0 Å². The largest absolute Gasteiger partial charge is 0.493 e. The molecule has 7 nitrogen and oxygen atoms in total. The standard InChI is InChI=1S/C17H25N3O4/c1-12(2)24-15-10-13(4-5-14(15)23-3)19-6-8-20(9-7-19)17(22)11-16(18)21/h4-5,10,12H,6-9,11H2,1-3H3,(H2,18,21). The van der Waals surface area contributed by atoms with E-state index in [4.69, 9.17) is 15.2 Å². The topological polar surface area (TPSA) is 85.1 Å². The summed E-state index contributed by atoms with van der Waals surface area (Å²) in [5.41, 5.74) is 6.10. The third-order valence-corrected chi connectivity index (χ3v) is 3.83. The number of nitrogens with two attached hydrogens (primary N) is 1. The fourth-order valence-electron chi connectivity index (χ4n) is 2.68. The van der Waals surface area contributed by atoms with E-state index in [0.29, 0.717) is 37.7 Å². The monoisotopic (exact) mass is 335 g/mol. The summed E-state index contributed by atoms with van der Waals surface area (Å²) < 4.78 is 11.1. The van der Waals surface area contributed by atoms with Crippen molar-refractivity contribution in [2.24, 2.45) is 5.73 Å². The van der Waals surface area contributed by atoms with Gasteiger partial charge in [0, 0.05) is 37.9 Å². The lowest BCUT2D eigenvalue weighted by molar-refractivity contribution is -0.135. The Morgan fingerprint density at radius 1 is 1.17 bits per heavy atom. The van der Waals surface area contributed by atoms with Crippen LogP contribution in [0, 0.1) is 0 Å². The van der Waals surface area contributed by atoms with Gasteiger partial charge in [0.1, 0.15) is 6.42 Å². The van der Waals surface area contributed by atoms with Crippen molar-refractivity contribution >= 4 is 17.5 Å². The van der Waals surface area contributed by atoms with Crippen LogP contribution in [-0.4, -0.2) is 56.1 Å². The maximum atomic E-state index is 11.9. The first-order chi connectivity index (χ1) is 11.4. The lowest BCUT2D eigenvalue weighted by Gasteiger charge is -2.36. The fraction of sp³-hybridized carbons (Fsp3) is 0.529. The smallest absolute Gasteiger partial charge is 0.232 e. The molecule has 0 atom stereocenters. The summed E-state index contributed by atoms with van der Waals surface area (Å²) in [7, 11) is 1.62. The van der Waals surface area contributed by atoms with E-state index >= 15 is 0 Å². The SMILES string of the molecule is COc1ccc(N2CCN(C(=O)CC(N)=O)CC2)cc1OC(C)C. The Kier molecular flexibility index (Phi) is 5.89. The molecule has 1 aliphatic rings. The van der Waals surface area contributed by atoms with E-state index < -0.39 is 5.91 Å². The van der Waals surface area contributed by atoms with Gasteiger partial charge in [-0.2, -0.15) is 0 Å². The molecule has 0 radical (unpaired) electrons. The van der Waals surface area contributed by atoms with Gasteiger partial charge in [-0.1, -0.05) is 0 Å². The first kappa shape index (κ1) is 17.9. The zero-order chi connectivity index (χ0) is 17.7. The van der Waals surface area contributed by atoms with Crippen LogP contribution in [0.3, 0.4) is 0 Å². The van der Waals surface area contributed by atoms with Crippen molar-refractivity contribution in [3.63, 3.8) is 0 Å². The highest BCUT2D eigenvalue weighted by Crippen LogP contribution is 2.33. The van der Waals surface area contributed by atoms with E-state index in [2.05, 4.69) is 4.90 Å². The molecule has 0 aromatic heterocycles.